The molecule has 0 saturated heterocycles. The van der Waals surface area contributed by atoms with Gasteiger partial charge in [-0.1, -0.05) is 36.4 Å². The Morgan fingerprint density at radius 3 is 2.17 bits per heavy atom. The van der Waals surface area contributed by atoms with Crippen molar-refractivity contribution >= 4 is 17.6 Å². The summed E-state index contributed by atoms with van der Waals surface area (Å²) in [6.45, 7) is 1.92. The lowest BCUT2D eigenvalue weighted by Crippen LogP contribution is -2.21. The molecule has 0 heterocycles. The van der Waals surface area contributed by atoms with Crippen molar-refractivity contribution in [2.24, 2.45) is 0 Å². The van der Waals surface area contributed by atoms with Crippen LogP contribution >= 0.6 is 0 Å². The smallest absolute Gasteiger partial charge is 0.338 e. The largest absolute Gasteiger partial charge is 0.508 e. The van der Waals surface area contributed by atoms with E-state index in [2.05, 4.69) is 5.32 Å². The molecule has 6 heteroatoms. The van der Waals surface area contributed by atoms with Crippen molar-refractivity contribution in [3.63, 3.8) is 0 Å². The van der Waals surface area contributed by atoms with Crippen molar-refractivity contribution in [2.45, 2.75) is 6.92 Å². The number of phenols is 1. The van der Waals surface area contributed by atoms with E-state index in [0.717, 1.165) is 11.1 Å². The summed E-state index contributed by atoms with van der Waals surface area (Å²) in [4.78, 5) is 24.3. The molecule has 6 nitrogen and oxygen atoms in total. The second kappa shape index (κ2) is 9.41. The molecule has 0 unspecified atom stereocenters. The number of carbonyl (C=O) groups excluding carboxylic acids is 2. The Bertz CT molecular complexity index is 981. The maximum absolute atomic E-state index is 12.2. The number of rotatable bonds is 7. The second-order valence-electron chi connectivity index (χ2n) is 6.18. The molecule has 0 bridgehead atoms. The summed E-state index contributed by atoms with van der Waals surface area (Å²) in [7, 11) is 0. The van der Waals surface area contributed by atoms with Gasteiger partial charge in [0, 0.05) is 0 Å². The van der Waals surface area contributed by atoms with Crippen molar-refractivity contribution in [2.75, 3.05) is 18.5 Å². The fourth-order valence-corrected chi connectivity index (χ4v) is 2.70. The van der Waals surface area contributed by atoms with Gasteiger partial charge >= 0.3 is 5.97 Å². The third-order valence-corrected chi connectivity index (χ3v) is 4.12. The third-order valence-electron chi connectivity index (χ3n) is 4.12. The highest BCUT2D eigenvalue weighted by Gasteiger charge is 2.12. The minimum atomic E-state index is -0.588. The monoisotopic (exact) mass is 391 g/mol. The quantitative estimate of drug-likeness (QED) is 0.588. The molecular weight excluding hydrogens is 370 g/mol. The van der Waals surface area contributed by atoms with Gasteiger partial charge < -0.3 is 19.9 Å². The molecule has 148 valence electrons. The summed E-state index contributed by atoms with van der Waals surface area (Å²) >= 11 is 0. The van der Waals surface area contributed by atoms with Crippen LogP contribution in [0.15, 0.2) is 72.8 Å². The first kappa shape index (κ1) is 19.9. The van der Waals surface area contributed by atoms with Crippen LogP contribution in [0, 0.1) is 0 Å². The Kier molecular flexibility index (Phi) is 6.47. The predicted octanol–water partition coefficient (Wildman–Crippen LogP) is 4.25. The molecule has 3 rings (SSSR count). The van der Waals surface area contributed by atoms with E-state index >= 15 is 0 Å². The number of nitrogens with one attached hydrogen (secondary N) is 1. The van der Waals surface area contributed by atoms with E-state index in [9.17, 15) is 14.7 Å². The number of benzene rings is 3. The molecule has 0 fully saturated rings. The van der Waals surface area contributed by atoms with E-state index in [1.807, 2.05) is 13.0 Å². The van der Waals surface area contributed by atoms with E-state index in [0.29, 0.717) is 23.6 Å². The lowest BCUT2D eigenvalue weighted by Gasteiger charge is -2.11. The van der Waals surface area contributed by atoms with E-state index in [1.54, 1.807) is 66.7 Å². The standard InChI is InChI=1S/C23H21NO5/c1-2-28-21-6-4-3-5-20(21)24-22(26)15-29-23(27)18-9-7-16(8-10-18)17-11-13-19(25)14-12-17/h3-14,25H,2,15H2,1H3,(H,24,26). The highest BCUT2D eigenvalue weighted by atomic mass is 16.5. The molecule has 0 aliphatic heterocycles. The van der Waals surface area contributed by atoms with Crippen molar-refractivity contribution < 1.29 is 24.2 Å². The molecule has 0 aliphatic rings. The minimum Gasteiger partial charge on any atom is -0.508 e. The van der Waals surface area contributed by atoms with Crippen LogP contribution in [0.25, 0.3) is 11.1 Å². The lowest BCUT2D eigenvalue weighted by molar-refractivity contribution is -0.119. The zero-order valence-corrected chi connectivity index (χ0v) is 15.9. The van der Waals surface area contributed by atoms with E-state index in [1.165, 1.54) is 0 Å². The number of hydrogen-bond donors (Lipinski definition) is 2. The van der Waals surface area contributed by atoms with E-state index in [-0.39, 0.29) is 5.75 Å². The van der Waals surface area contributed by atoms with Gasteiger partial charge in [0.2, 0.25) is 0 Å². The highest BCUT2D eigenvalue weighted by Crippen LogP contribution is 2.24. The van der Waals surface area contributed by atoms with Gasteiger partial charge in [-0.15, -0.1) is 0 Å². The van der Waals surface area contributed by atoms with Gasteiger partial charge in [-0.05, 0) is 54.4 Å². The first-order chi connectivity index (χ1) is 14.1. The highest BCUT2D eigenvalue weighted by molar-refractivity contribution is 5.96. The van der Waals surface area contributed by atoms with Crippen molar-refractivity contribution in [1.82, 2.24) is 0 Å². The molecule has 0 radical (unpaired) electrons. The molecular formula is C23H21NO5. The van der Waals surface area contributed by atoms with Gasteiger partial charge in [-0.3, -0.25) is 4.79 Å². The topological polar surface area (TPSA) is 84.9 Å². The summed E-state index contributed by atoms with van der Waals surface area (Å²) in [5.74, 6) is -0.294. The minimum absolute atomic E-state index is 0.191. The van der Waals surface area contributed by atoms with Crippen LogP contribution in [-0.2, 0) is 9.53 Å². The average molecular weight is 391 g/mol. The number of ether oxygens (including phenoxy) is 2. The van der Waals surface area contributed by atoms with Crippen molar-refractivity contribution in [1.29, 1.82) is 0 Å². The molecule has 0 spiro atoms. The van der Waals surface area contributed by atoms with Gasteiger partial charge in [-0.2, -0.15) is 0 Å². The Hall–Kier alpha value is -3.80. The first-order valence-electron chi connectivity index (χ1n) is 9.15. The molecule has 0 aliphatic carbocycles. The lowest BCUT2D eigenvalue weighted by atomic mass is 10.0. The number of carbonyl (C=O) groups is 2. The summed E-state index contributed by atoms with van der Waals surface area (Å²) in [5.41, 5.74) is 2.67. The Balaban J connectivity index is 1.56. The first-order valence-corrected chi connectivity index (χ1v) is 9.15. The van der Waals surface area contributed by atoms with Crippen molar-refractivity contribution in [3.05, 3.63) is 78.4 Å². The molecule has 0 aromatic heterocycles. The van der Waals surface area contributed by atoms with Gasteiger partial charge in [0.1, 0.15) is 11.5 Å². The van der Waals surface area contributed by atoms with Crippen LogP contribution in [0.3, 0.4) is 0 Å². The molecule has 3 aromatic carbocycles. The molecule has 0 saturated carbocycles. The van der Waals surface area contributed by atoms with E-state index < -0.39 is 18.5 Å². The van der Waals surface area contributed by atoms with Crippen LogP contribution in [0.5, 0.6) is 11.5 Å². The number of phenolic OH excluding ortho intramolecular Hbond substituents is 1. The van der Waals surface area contributed by atoms with Crippen LogP contribution in [0.4, 0.5) is 5.69 Å². The number of amides is 1. The zero-order chi connectivity index (χ0) is 20.6. The number of anilines is 1. The summed E-state index contributed by atoms with van der Waals surface area (Å²) < 4.78 is 10.5. The predicted molar refractivity (Wildman–Crippen MR) is 110 cm³/mol. The maximum Gasteiger partial charge on any atom is 0.338 e. The average Bonchev–Trinajstić information content (AvgIpc) is 2.74. The molecule has 3 aromatic rings. The van der Waals surface area contributed by atoms with Crippen LogP contribution in [0.1, 0.15) is 17.3 Å². The Morgan fingerprint density at radius 1 is 0.897 bits per heavy atom. The summed E-state index contributed by atoms with van der Waals surface area (Å²) in [6, 6.07) is 20.6. The van der Waals surface area contributed by atoms with Crippen molar-refractivity contribution in [3.8, 4) is 22.6 Å². The molecule has 2 N–H and O–H groups in total. The third kappa shape index (κ3) is 5.35. The number of hydrogen-bond acceptors (Lipinski definition) is 5. The fourth-order valence-electron chi connectivity index (χ4n) is 2.70. The van der Waals surface area contributed by atoms with Gasteiger partial charge in [-0.25, -0.2) is 4.79 Å². The zero-order valence-electron chi connectivity index (χ0n) is 15.9. The van der Waals surface area contributed by atoms with Gasteiger partial charge in [0.15, 0.2) is 6.61 Å². The Morgan fingerprint density at radius 2 is 1.52 bits per heavy atom. The van der Waals surface area contributed by atoms with Crippen LogP contribution in [-0.4, -0.2) is 30.2 Å². The van der Waals surface area contributed by atoms with Gasteiger partial charge in [0.25, 0.3) is 5.91 Å². The van der Waals surface area contributed by atoms with Gasteiger partial charge in [0.05, 0.1) is 17.9 Å². The van der Waals surface area contributed by atoms with Crippen LogP contribution < -0.4 is 10.1 Å². The number of aromatic hydroxyl groups is 1. The Labute approximate surface area is 168 Å². The summed E-state index contributed by atoms with van der Waals surface area (Å²) in [5, 5.41) is 12.0. The SMILES string of the molecule is CCOc1ccccc1NC(=O)COC(=O)c1ccc(-c2ccc(O)cc2)cc1. The molecule has 29 heavy (non-hydrogen) atoms. The molecule has 1 amide bonds. The normalized spacial score (nSPS) is 10.2. The second-order valence-corrected chi connectivity index (χ2v) is 6.18. The van der Waals surface area contributed by atoms with E-state index in [4.69, 9.17) is 9.47 Å². The number of esters is 1. The number of para-hydroxylation sites is 2. The fraction of sp³-hybridized carbons (Fsp3) is 0.130. The maximum atomic E-state index is 12.2. The summed E-state index contributed by atoms with van der Waals surface area (Å²) in [6.07, 6.45) is 0. The molecule has 0 atom stereocenters. The van der Waals surface area contributed by atoms with Crippen LogP contribution in [0.2, 0.25) is 0 Å².